The molecule has 1 aromatic heterocycles. The minimum absolute atomic E-state index is 0.0546. The van der Waals surface area contributed by atoms with Gasteiger partial charge in [-0.15, -0.1) is 0 Å². The van der Waals surface area contributed by atoms with Gasteiger partial charge in [0.25, 0.3) is 0 Å². The first-order valence-electron chi connectivity index (χ1n) is 6.91. The van der Waals surface area contributed by atoms with Crippen molar-refractivity contribution in [1.29, 1.82) is 0 Å². The van der Waals surface area contributed by atoms with Crippen LogP contribution in [0.3, 0.4) is 0 Å². The van der Waals surface area contributed by atoms with Crippen LogP contribution in [0.15, 0.2) is 12.4 Å². The topological polar surface area (TPSA) is 61.0 Å². The number of nitrogens with zero attached hydrogens (tertiary/aromatic N) is 2. The molecular formula is C14H23N3O. The van der Waals surface area contributed by atoms with Crippen LogP contribution in [0.1, 0.15) is 56.6 Å². The average molecular weight is 249 g/mol. The summed E-state index contributed by atoms with van der Waals surface area (Å²) in [5, 5.41) is 0. The lowest BCUT2D eigenvalue weighted by Crippen LogP contribution is -2.16. The van der Waals surface area contributed by atoms with E-state index in [0.717, 1.165) is 17.9 Å². The van der Waals surface area contributed by atoms with E-state index in [1.165, 1.54) is 38.5 Å². The third-order valence-corrected chi connectivity index (χ3v) is 3.82. The third kappa shape index (κ3) is 3.67. The van der Waals surface area contributed by atoms with Gasteiger partial charge < -0.3 is 10.5 Å². The van der Waals surface area contributed by atoms with Crippen LogP contribution in [0.2, 0.25) is 0 Å². The van der Waals surface area contributed by atoms with Crippen LogP contribution in [0, 0.1) is 5.92 Å². The summed E-state index contributed by atoms with van der Waals surface area (Å²) in [4.78, 5) is 8.23. The van der Waals surface area contributed by atoms with Gasteiger partial charge in [0.2, 0.25) is 0 Å². The number of rotatable bonds is 4. The van der Waals surface area contributed by atoms with Crippen molar-refractivity contribution in [3.63, 3.8) is 0 Å². The molecular weight excluding hydrogens is 226 g/mol. The molecule has 0 aliphatic heterocycles. The van der Waals surface area contributed by atoms with Gasteiger partial charge in [0.05, 0.1) is 7.11 Å². The molecule has 1 atom stereocenters. The molecule has 0 radical (unpaired) electrons. The van der Waals surface area contributed by atoms with Crippen LogP contribution in [0.25, 0.3) is 0 Å². The molecule has 100 valence electrons. The highest BCUT2D eigenvalue weighted by molar-refractivity contribution is 5.12. The Morgan fingerprint density at radius 3 is 2.39 bits per heavy atom. The van der Waals surface area contributed by atoms with Gasteiger partial charge in [-0.1, -0.05) is 38.5 Å². The monoisotopic (exact) mass is 249 g/mol. The minimum atomic E-state index is 0.0546. The summed E-state index contributed by atoms with van der Waals surface area (Å²) in [5.74, 6) is 0.768. The predicted molar refractivity (Wildman–Crippen MR) is 71.3 cm³/mol. The quantitative estimate of drug-likeness (QED) is 0.833. The molecule has 1 aliphatic carbocycles. The summed E-state index contributed by atoms with van der Waals surface area (Å²) < 4.78 is 4.95. The van der Waals surface area contributed by atoms with Crippen molar-refractivity contribution >= 4 is 0 Å². The molecule has 2 N–H and O–H groups in total. The first-order chi connectivity index (χ1) is 8.79. The van der Waals surface area contributed by atoms with E-state index in [1.54, 1.807) is 19.5 Å². The molecule has 4 nitrogen and oxygen atoms in total. The number of hydrogen-bond acceptors (Lipinski definition) is 4. The average Bonchev–Trinajstić information content (AvgIpc) is 2.67. The van der Waals surface area contributed by atoms with E-state index in [9.17, 15) is 0 Å². The van der Waals surface area contributed by atoms with Crippen molar-refractivity contribution in [3.8, 4) is 6.01 Å². The number of aromatic nitrogens is 2. The second-order valence-corrected chi connectivity index (χ2v) is 5.20. The van der Waals surface area contributed by atoms with Gasteiger partial charge in [-0.3, -0.25) is 0 Å². The molecule has 1 saturated carbocycles. The number of methoxy groups -OCH3 is 1. The minimum Gasteiger partial charge on any atom is -0.467 e. The highest BCUT2D eigenvalue weighted by Gasteiger charge is 2.17. The van der Waals surface area contributed by atoms with E-state index in [2.05, 4.69) is 9.97 Å². The number of hydrogen-bond donors (Lipinski definition) is 1. The fourth-order valence-electron chi connectivity index (χ4n) is 2.72. The Morgan fingerprint density at radius 1 is 1.22 bits per heavy atom. The number of nitrogens with two attached hydrogens (primary N) is 1. The largest absolute Gasteiger partial charge is 0.467 e. The van der Waals surface area contributed by atoms with E-state index in [0.29, 0.717) is 6.01 Å². The van der Waals surface area contributed by atoms with E-state index in [-0.39, 0.29) is 6.04 Å². The van der Waals surface area contributed by atoms with Gasteiger partial charge in [-0.2, -0.15) is 0 Å². The summed E-state index contributed by atoms with van der Waals surface area (Å²) in [6.45, 7) is 0. The van der Waals surface area contributed by atoms with Crippen molar-refractivity contribution in [3.05, 3.63) is 18.0 Å². The van der Waals surface area contributed by atoms with Crippen LogP contribution in [0.5, 0.6) is 6.01 Å². The van der Waals surface area contributed by atoms with Crippen molar-refractivity contribution in [1.82, 2.24) is 9.97 Å². The fraction of sp³-hybridized carbons (Fsp3) is 0.714. The Labute approximate surface area is 109 Å². The van der Waals surface area contributed by atoms with E-state index >= 15 is 0 Å². The molecule has 1 aliphatic rings. The maximum absolute atomic E-state index is 6.25. The maximum Gasteiger partial charge on any atom is 0.316 e. The molecule has 1 aromatic rings. The Morgan fingerprint density at radius 2 is 1.83 bits per heavy atom. The maximum atomic E-state index is 6.25. The van der Waals surface area contributed by atoms with Gasteiger partial charge in [0.15, 0.2) is 0 Å². The van der Waals surface area contributed by atoms with E-state index in [1.807, 2.05) is 0 Å². The molecule has 1 fully saturated rings. The summed E-state index contributed by atoms with van der Waals surface area (Å²) >= 11 is 0. The van der Waals surface area contributed by atoms with Crippen molar-refractivity contribution < 1.29 is 4.74 Å². The third-order valence-electron chi connectivity index (χ3n) is 3.82. The number of ether oxygens (including phenoxy) is 1. The van der Waals surface area contributed by atoms with Crippen molar-refractivity contribution in [2.45, 2.75) is 51.0 Å². The van der Waals surface area contributed by atoms with Crippen LogP contribution >= 0.6 is 0 Å². The fourth-order valence-corrected chi connectivity index (χ4v) is 2.72. The van der Waals surface area contributed by atoms with Gasteiger partial charge >= 0.3 is 6.01 Å². The normalized spacial score (nSPS) is 19.2. The smallest absolute Gasteiger partial charge is 0.316 e. The standard InChI is InChI=1S/C14H23N3O/c1-18-14-16-9-12(10-17-14)13(15)8-11-6-4-2-3-5-7-11/h9-11,13H,2-8,15H2,1H3. The molecule has 18 heavy (non-hydrogen) atoms. The lowest BCUT2D eigenvalue weighted by molar-refractivity contribution is 0.374. The van der Waals surface area contributed by atoms with E-state index < -0.39 is 0 Å². The SMILES string of the molecule is COc1ncc(C(N)CC2CCCCCC2)cn1. The molecule has 4 heteroatoms. The first kappa shape index (κ1) is 13.3. The van der Waals surface area contributed by atoms with Crippen molar-refractivity contribution in [2.24, 2.45) is 11.7 Å². The molecule has 0 saturated heterocycles. The van der Waals surface area contributed by atoms with Crippen LogP contribution in [-0.2, 0) is 0 Å². The molecule has 2 rings (SSSR count). The van der Waals surface area contributed by atoms with Gasteiger partial charge in [-0.25, -0.2) is 9.97 Å². The van der Waals surface area contributed by atoms with Crippen LogP contribution in [0.4, 0.5) is 0 Å². The second kappa shape index (κ2) is 6.69. The zero-order chi connectivity index (χ0) is 12.8. The highest BCUT2D eigenvalue weighted by atomic mass is 16.5. The van der Waals surface area contributed by atoms with Gasteiger partial charge in [-0.05, 0) is 12.3 Å². The summed E-state index contributed by atoms with van der Waals surface area (Å²) in [7, 11) is 1.57. The molecule has 1 heterocycles. The Hall–Kier alpha value is -1.16. The summed E-state index contributed by atoms with van der Waals surface area (Å²) in [5.41, 5.74) is 7.26. The van der Waals surface area contributed by atoms with Gasteiger partial charge in [0.1, 0.15) is 0 Å². The zero-order valence-electron chi connectivity index (χ0n) is 11.1. The molecule has 0 aromatic carbocycles. The Balaban J connectivity index is 1.90. The summed E-state index contributed by atoms with van der Waals surface area (Å²) in [6.07, 6.45) is 12.8. The lowest BCUT2D eigenvalue weighted by Gasteiger charge is -2.19. The van der Waals surface area contributed by atoms with Crippen LogP contribution in [-0.4, -0.2) is 17.1 Å². The molecule has 1 unspecified atom stereocenters. The predicted octanol–water partition coefficient (Wildman–Crippen LogP) is 2.85. The Kier molecular flexibility index (Phi) is 4.93. The summed E-state index contributed by atoms with van der Waals surface area (Å²) in [6, 6.07) is 0.458. The molecule has 0 bridgehead atoms. The molecule has 0 spiro atoms. The zero-order valence-corrected chi connectivity index (χ0v) is 11.1. The van der Waals surface area contributed by atoms with Crippen molar-refractivity contribution in [2.75, 3.05) is 7.11 Å². The van der Waals surface area contributed by atoms with Crippen LogP contribution < -0.4 is 10.5 Å². The Bertz CT molecular complexity index is 345. The van der Waals surface area contributed by atoms with Gasteiger partial charge in [0, 0.05) is 24.0 Å². The lowest BCUT2D eigenvalue weighted by atomic mass is 9.91. The van der Waals surface area contributed by atoms with E-state index in [4.69, 9.17) is 10.5 Å². The first-order valence-corrected chi connectivity index (χ1v) is 6.91. The highest BCUT2D eigenvalue weighted by Crippen LogP contribution is 2.29. The molecule has 0 amide bonds. The second-order valence-electron chi connectivity index (χ2n) is 5.20.